The quantitative estimate of drug-likeness (QED) is 0.682. The fraction of sp³-hybridized carbons (Fsp3) is 0.364. The first-order valence-corrected chi connectivity index (χ1v) is 7.38. The number of halogens is 1. The number of sulfone groups is 1. The van der Waals surface area contributed by atoms with Gasteiger partial charge in [0.2, 0.25) is 0 Å². The Morgan fingerprint density at radius 1 is 1.45 bits per heavy atom. The van der Waals surface area contributed by atoms with Crippen LogP contribution in [0.1, 0.15) is 10.4 Å². The Balaban J connectivity index is 3.48. The minimum absolute atomic E-state index is 0.0970. The van der Waals surface area contributed by atoms with Gasteiger partial charge in [-0.05, 0) is 12.1 Å². The summed E-state index contributed by atoms with van der Waals surface area (Å²) in [6, 6.07) is 2.09. The summed E-state index contributed by atoms with van der Waals surface area (Å²) in [5, 5.41) is 26.9. The molecule has 0 aliphatic rings. The van der Waals surface area contributed by atoms with Crippen molar-refractivity contribution < 1.29 is 33.3 Å². The van der Waals surface area contributed by atoms with Gasteiger partial charge in [0.05, 0.1) is 25.6 Å². The van der Waals surface area contributed by atoms with Gasteiger partial charge in [0.1, 0.15) is 10.5 Å². The number of methoxy groups -OCH3 is 1. The van der Waals surface area contributed by atoms with Gasteiger partial charge in [-0.2, -0.15) is 0 Å². The van der Waals surface area contributed by atoms with Crippen molar-refractivity contribution in [1.29, 1.82) is 0 Å². The standard InChI is InChI=1S/C11H13ClO7S/c1-19-10-8(11(15)16)2-6(12)3-9(10)20(17,18)5-7(14)4-13/h2-3,7,13-14H,4-5H2,1H3,(H,15,16). The number of carbonyl (C=O) groups is 1. The second-order valence-corrected chi connectivity index (χ2v) is 6.35. The Morgan fingerprint density at radius 3 is 2.50 bits per heavy atom. The largest absolute Gasteiger partial charge is 0.494 e. The molecule has 1 atom stereocenters. The lowest BCUT2D eigenvalue weighted by atomic mass is 10.2. The highest BCUT2D eigenvalue weighted by Gasteiger charge is 2.27. The molecular weight excluding hydrogens is 312 g/mol. The van der Waals surface area contributed by atoms with Crippen molar-refractivity contribution in [2.45, 2.75) is 11.0 Å². The number of hydrogen-bond donors (Lipinski definition) is 3. The van der Waals surface area contributed by atoms with Crippen molar-refractivity contribution in [3.63, 3.8) is 0 Å². The lowest BCUT2D eigenvalue weighted by Crippen LogP contribution is -2.24. The van der Waals surface area contributed by atoms with E-state index in [1.807, 2.05) is 0 Å². The number of rotatable bonds is 6. The van der Waals surface area contributed by atoms with E-state index in [1.165, 1.54) is 0 Å². The SMILES string of the molecule is COc1c(C(=O)O)cc(Cl)cc1S(=O)(=O)CC(O)CO. The molecule has 0 aliphatic heterocycles. The van der Waals surface area contributed by atoms with Crippen molar-refractivity contribution >= 4 is 27.4 Å². The first-order chi connectivity index (χ1) is 9.22. The molecule has 3 N–H and O–H groups in total. The molecular formula is C11H13ClO7S. The zero-order valence-corrected chi connectivity index (χ0v) is 12.0. The van der Waals surface area contributed by atoms with Crippen molar-refractivity contribution in [2.75, 3.05) is 19.5 Å². The summed E-state index contributed by atoms with van der Waals surface area (Å²) in [7, 11) is -2.95. The van der Waals surface area contributed by atoms with Crippen LogP contribution >= 0.6 is 11.6 Å². The predicted molar refractivity (Wildman–Crippen MR) is 70.1 cm³/mol. The Hall–Kier alpha value is -1.35. The van der Waals surface area contributed by atoms with Crippen molar-refractivity contribution in [3.8, 4) is 5.75 Å². The highest BCUT2D eigenvalue weighted by molar-refractivity contribution is 7.91. The minimum atomic E-state index is -4.08. The molecule has 1 rings (SSSR count). The van der Waals surface area contributed by atoms with Crippen molar-refractivity contribution in [1.82, 2.24) is 0 Å². The van der Waals surface area contributed by atoms with E-state index >= 15 is 0 Å². The summed E-state index contributed by atoms with van der Waals surface area (Å²) in [5.74, 6) is -2.55. The molecule has 112 valence electrons. The molecule has 1 unspecified atom stereocenters. The zero-order valence-electron chi connectivity index (χ0n) is 10.4. The zero-order chi connectivity index (χ0) is 15.5. The van der Waals surface area contributed by atoms with Crippen molar-refractivity contribution in [3.05, 3.63) is 22.7 Å². The Kier molecular flexibility index (Phi) is 5.35. The van der Waals surface area contributed by atoms with Gasteiger partial charge >= 0.3 is 5.97 Å². The van der Waals surface area contributed by atoms with E-state index in [-0.39, 0.29) is 10.8 Å². The van der Waals surface area contributed by atoms with Crippen LogP contribution < -0.4 is 4.74 Å². The third kappa shape index (κ3) is 3.60. The molecule has 1 aromatic rings. The average Bonchev–Trinajstić information content (AvgIpc) is 2.36. The summed E-state index contributed by atoms with van der Waals surface area (Å²) in [6.45, 7) is -0.742. The minimum Gasteiger partial charge on any atom is -0.494 e. The lowest BCUT2D eigenvalue weighted by Gasteiger charge is -2.14. The smallest absolute Gasteiger partial charge is 0.339 e. The van der Waals surface area contributed by atoms with Gasteiger partial charge in [0.15, 0.2) is 15.6 Å². The molecule has 0 bridgehead atoms. The highest BCUT2D eigenvalue weighted by atomic mass is 35.5. The summed E-state index contributed by atoms with van der Waals surface area (Å²) >= 11 is 5.70. The summed E-state index contributed by atoms with van der Waals surface area (Å²) in [4.78, 5) is 10.6. The number of aromatic carboxylic acids is 1. The molecule has 0 aliphatic carbocycles. The molecule has 1 aromatic carbocycles. The second kappa shape index (κ2) is 6.40. The molecule has 0 amide bonds. The number of hydrogen-bond acceptors (Lipinski definition) is 6. The fourth-order valence-electron chi connectivity index (χ4n) is 1.56. The molecule has 9 heteroatoms. The maximum absolute atomic E-state index is 12.1. The van der Waals surface area contributed by atoms with E-state index in [0.29, 0.717) is 0 Å². The fourth-order valence-corrected chi connectivity index (χ4v) is 3.42. The molecule has 0 saturated carbocycles. The van der Waals surface area contributed by atoms with Crippen LogP contribution in [0.25, 0.3) is 0 Å². The van der Waals surface area contributed by atoms with Crippen LogP contribution in [0.3, 0.4) is 0 Å². The molecule has 0 radical (unpaired) electrons. The summed E-state index contributed by atoms with van der Waals surface area (Å²) in [5.41, 5.74) is -0.405. The molecule has 0 fully saturated rings. The lowest BCUT2D eigenvalue weighted by molar-refractivity contribution is 0.0693. The van der Waals surface area contributed by atoms with Gasteiger partial charge in [-0.25, -0.2) is 13.2 Å². The summed E-state index contributed by atoms with van der Waals surface area (Å²) in [6.07, 6.45) is -1.49. The van der Waals surface area contributed by atoms with E-state index in [0.717, 1.165) is 19.2 Å². The van der Waals surface area contributed by atoms with Gasteiger partial charge in [-0.15, -0.1) is 0 Å². The Morgan fingerprint density at radius 2 is 2.05 bits per heavy atom. The number of aliphatic hydroxyl groups excluding tert-OH is 2. The van der Waals surface area contributed by atoms with Gasteiger partial charge in [-0.1, -0.05) is 11.6 Å². The highest BCUT2D eigenvalue weighted by Crippen LogP contribution is 2.32. The number of ether oxygens (including phenoxy) is 1. The van der Waals surface area contributed by atoms with Gasteiger partial charge < -0.3 is 20.1 Å². The number of benzene rings is 1. The number of carboxylic acids is 1. The molecule has 0 aromatic heterocycles. The Bertz CT molecular complexity index is 611. The van der Waals surface area contributed by atoms with Crippen LogP contribution in [-0.4, -0.2) is 55.3 Å². The van der Waals surface area contributed by atoms with Crippen LogP contribution in [0.4, 0.5) is 0 Å². The topological polar surface area (TPSA) is 121 Å². The van der Waals surface area contributed by atoms with Crippen LogP contribution in [0.15, 0.2) is 17.0 Å². The van der Waals surface area contributed by atoms with Gasteiger partial charge in [0, 0.05) is 5.02 Å². The van der Waals surface area contributed by atoms with Crippen LogP contribution in [0.5, 0.6) is 5.75 Å². The van der Waals surface area contributed by atoms with Gasteiger partial charge in [0.25, 0.3) is 0 Å². The predicted octanol–water partition coefficient (Wildman–Crippen LogP) is 0.174. The molecule has 0 saturated heterocycles. The van der Waals surface area contributed by atoms with Crippen LogP contribution in [-0.2, 0) is 9.84 Å². The first-order valence-electron chi connectivity index (χ1n) is 5.35. The van der Waals surface area contributed by atoms with E-state index < -0.39 is 44.7 Å². The maximum Gasteiger partial charge on any atom is 0.339 e. The number of aliphatic hydroxyl groups is 2. The molecule has 20 heavy (non-hydrogen) atoms. The third-order valence-corrected chi connectivity index (χ3v) is 4.43. The van der Waals surface area contributed by atoms with Crippen LogP contribution in [0, 0.1) is 0 Å². The second-order valence-electron chi connectivity index (χ2n) is 3.91. The van der Waals surface area contributed by atoms with Crippen LogP contribution in [0.2, 0.25) is 5.02 Å². The third-order valence-electron chi connectivity index (χ3n) is 2.41. The molecule has 0 heterocycles. The first kappa shape index (κ1) is 16.7. The summed E-state index contributed by atoms with van der Waals surface area (Å²) < 4.78 is 29.0. The average molecular weight is 325 g/mol. The van der Waals surface area contributed by atoms with Crippen molar-refractivity contribution in [2.24, 2.45) is 0 Å². The van der Waals surface area contributed by atoms with E-state index in [2.05, 4.69) is 0 Å². The number of carboxylic acid groups (broad SMARTS) is 1. The van der Waals surface area contributed by atoms with E-state index in [1.54, 1.807) is 0 Å². The van der Waals surface area contributed by atoms with E-state index in [4.69, 9.17) is 26.6 Å². The normalized spacial score (nSPS) is 13.0. The Labute approximate surface area is 120 Å². The maximum atomic E-state index is 12.1. The molecule has 0 spiro atoms. The monoisotopic (exact) mass is 324 g/mol. The van der Waals surface area contributed by atoms with Gasteiger partial charge in [-0.3, -0.25) is 0 Å². The molecule has 7 nitrogen and oxygen atoms in total. The van der Waals surface area contributed by atoms with E-state index in [9.17, 15) is 18.3 Å².